The molecule has 1 amide bonds. The quantitative estimate of drug-likeness (QED) is 0.725. The Morgan fingerprint density at radius 3 is 2.59 bits per heavy atom. The molecule has 6 heteroatoms. The first-order valence-corrected chi connectivity index (χ1v) is 8.72. The van der Waals surface area contributed by atoms with Crippen LogP contribution >= 0.6 is 0 Å². The number of rotatable bonds is 6. The van der Waals surface area contributed by atoms with Crippen molar-refractivity contribution in [2.24, 2.45) is 0 Å². The van der Waals surface area contributed by atoms with E-state index in [1.165, 1.54) is 12.1 Å². The minimum atomic E-state index is -0.294. The van der Waals surface area contributed by atoms with Gasteiger partial charge in [0.1, 0.15) is 5.82 Å². The normalized spacial score (nSPS) is 13.4. The lowest BCUT2D eigenvalue weighted by Crippen LogP contribution is -2.26. The fourth-order valence-corrected chi connectivity index (χ4v) is 3.14. The van der Waals surface area contributed by atoms with Crippen LogP contribution in [0.25, 0.3) is 0 Å². The Bertz CT molecular complexity index is 923. The van der Waals surface area contributed by atoms with Crippen LogP contribution in [0, 0.1) is 5.82 Å². The molecule has 0 aliphatic carbocycles. The lowest BCUT2D eigenvalue weighted by molar-refractivity contribution is -0.121. The lowest BCUT2D eigenvalue weighted by Gasteiger charge is -2.19. The maximum atomic E-state index is 13.3. The van der Waals surface area contributed by atoms with Crippen LogP contribution in [-0.4, -0.2) is 17.3 Å². The average molecular weight is 366 g/mol. The van der Waals surface area contributed by atoms with Crippen LogP contribution in [0.2, 0.25) is 0 Å². The molecule has 1 N–H and O–H groups in total. The largest absolute Gasteiger partial charge is 0.454 e. The number of fused-ring (bicyclic) bond motifs is 1. The zero-order valence-electron chi connectivity index (χ0n) is 14.6. The van der Waals surface area contributed by atoms with Gasteiger partial charge in [0, 0.05) is 18.9 Å². The van der Waals surface area contributed by atoms with E-state index < -0.39 is 0 Å². The fourth-order valence-electron chi connectivity index (χ4n) is 3.14. The molecule has 0 spiro atoms. The van der Waals surface area contributed by atoms with Gasteiger partial charge in [0.2, 0.25) is 12.7 Å². The minimum absolute atomic E-state index is 0.0873. The minimum Gasteiger partial charge on any atom is -0.454 e. The van der Waals surface area contributed by atoms with Gasteiger partial charge in [0.05, 0.1) is 12.5 Å². The van der Waals surface area contributed by atoms with Gasteiger partial charge < -0.3 is 19.4 Å². The number of halogens is 1. The second-order valence-corrected chi connectivity index (χ2v) is 6.37. The Labute approximate surface area is 156 Å². The summed E-state index contributed by atoms with van der Waals surface area (Å²) in [5.41, 5.74) is 1.82. The summed E-state index contributed by atoms with van der Waals surface area (Å²) in [6.07, 6.45) is 4.06. The second-order valence-electron chi connectivity index (χ2n) is 6.37. The molecule has 0 saturated carbocycles. The van der Waals surface area contributed by atoms with Gasteiger partial charge >= 0.3 is 0 Å². The zero-order valence-corrected chi connectivity index (χ0v) is 14.6. The zero-order chi connectivity index (χ0) is 18.6. The Morgan fingerprint density at radius 1 is 1.07 bits per heavy atom. The molecule has 0 fully saturated rings. The number of nitrogens with one attached hydrogen (secondary N) is 1. The lowest BCUT2D eigenvalue weighted by atomic mass is 10.0. The van der Waals surface area contributed by atoms with Crippen LogP contribution in [0.4, 0.5) is 4.39 Å². The number of carbonyl (C=O) groups is 1. The van der Waals surface area contributed by atoms with Gasteiger partial charge in [-0.3, -0.25) is 4.79 Å². The number of benzene rings is 2. The molecule has 1 aliphatic heterocycles. The first-order chi connectivity index (χ1) is 13.2. The van der Waals surface area contributed by atoms with Crippen LogP contribution in [0.3, 0.4) is 0 Å². The van der Waals surface area contributed by atoms with Crippen molar-refractivity contribution in [2.75, 3.05) is 6.79 Å². The van der Waals surface area contributed by atoms with Crippen molar-refractivity contribution in [3.05, 3.63) is 83.9 Å². The topological polar surface area (TPSA) is 52.5 Å². The number of hydrogen-bond acceptors (Lipinski definition) is 3. The molecule has 1 unspecified atom stereocenters. The summed E-state index contributed by atoms with van der Waals surface area (Å²) in [6, 6.07) is 15.5. The highest BCUT2D eigenvalue weighted by Crippen LogP contribution is 2.32. The Hall–Kier alpha value is -3.28. The van der Waals surface area contributed by atoms with Crippen LogP contribution in [0.5, 0.6) is 11.5 Å². The molecule has 1 aromatic heterocycles. The molecule has 3 aromatic rings. The van der Waals surface area contributed by atoms with Gasteiger partial charge in [-0.25, -0.2) is 4.39 Å². The summed E-state index contributed by atoms with van der Waals surface area (Å²) in [5, 5.41) is 2.94. The Morgan fingerprint density at radius 2 is 1.81 bits per heavy atom. The highest BCUT2D eigenvalue weighted by Gasteiger charge is 2.18. The van der Waals surface area contributed by atoms with E-state index in [0.29, 0.717) is 18.0 Å². The van der Waals surface area contributed by atoms with E-state index in [1.807, 2.05) is 47.3 Å². The number of hydrogen-bond donors (Lipinski definition) is 1. The average Bonchev–Trinajstić information content (AvgIpc) is 3.36. The molecule has 0 bridgehead atoms. The molecular formula is C21H19FN2O3. The molecule has 2 heterocycles. The Balaban J connectivity index is 1.43. The summed E-state index contributed by atoms with van der Waals surface area (Å²) in [6.45, 7) is 0.624. The van der Waals surface area contributed by atoms with Crippen LogP contribution in [0.15, 0.2) is 67.0 Å². The van der Waals surface area contributed by atoms with Crippen LogP contribution in [-0.2, 0) is 11.3 Å². The predicted molar refractivity (Wildman–Crippen MR) is 98.0 cm³/mol. The van der Waals surface area contributed by atoms with E-state index in [9.17, 15) is 9.18 Å². The maximum absolute atomic E-state index is 13.3. The van der Waals surface area contributed by atoms with Gasteiger partial charge in [0.25, 0.3) is 0 Å². The van der Waals surface area contributed by atoms with E-state index in [-0.39, 0.29) is 31.0 Å². The molecule has 1 aliphatic rings. The maximum Gasteiger partial charge on any atom is 0.231 e. The molecule has 5 nitrogen and oxygen atoms in total. The van der Waals surface area contributed by atoms with Gasteiger partial charge in [-0.2, -0.15) is 0 Å². The number of amides is 1. The number of carbonyl (C=O) groups excluding carboxylic acids is 1. The molecule has 4 rings (SSSR count). The predicted octanol–water partition coefficient (Wildman–Crippen LogP) is 3.65. The first-order valence-electron chi connectivity index (χ1n) is 8.72. The van der Waals surface area contributed by atoms with Gasteiger partial charge in [-0.1, -0.05) is 18.2 Å². The number of nitrogens with zero attached hydrogens (tertiary/aromatic N) is 1. The Kier molecular flexibility index (Phi) is 4.78. The van der Waals surface area contributed by atoms with Gasteiger partial charge in [-0.05, 0) is 47.5 Å². The van der Waals surface area contributed by atoms with Crippen molar-refractivity contribution in [3.8, 4) is 11.5 Å². The molecule has 2 aromatic carbocycles. The highest BCUT2D eigenvalue weighted by atomic mass is 19.1. The standard InChI is InChI=1S/C21H19FN2O3/c22-17-6-4-16(5-7-17)18(24-9-1-2-10-24)12-21(25)23-13-15-3-8-19-20(11-15)27-14-26-19/h1-11,18H,12-14H2,(H,23,25). The smallest absolute Gasteiger partial charge is 0.231 e. The van der Waals surface area contributed by atoms with E-state index in [0.717, 1.165) is 11.1 Å². The van der Waals surface area contributed by atoms with Crippen molar-refractivity contribution < 1.29 is 18.7 Å². The summed E-state index contributed by atoms with van der Waals surface area (Å²) < 4.78 is 25.9. The van der Waals surface area contributed by atoms with Crippen molar-refractivity contribution in [1.29, 1.82) is 0 Å². The SMILES string of the molecule is O=C(CC(c1ccc(F)cc1)n1cccc1)NCc1ccc2c(c1)OCO2. The molecule has 138 valence electrons. The van der Waals surface area contributed by atoms with E-state index in [2.05, 4.69) is 5.32 Å². The summed E-state index contributed by atoms with van der Waals surface area (Å²) in [7, 11) is 0. The van der Waals surface area contributed by atoms with Crippen molar-refractivity contribution >= 4 is 5.91 Å². The molecule has 0 radical (unpaired) electrons. The van der Waals surface area contributed by atoms with E-state index in [1.54, 1.807) is 12.1 Å². The molecule has 1 atom stereocenters. The molecule has 27 heavy (non-hydrogen) atoms. The van der Waals surface area contributed by atoms with E-state index >= 15 is 0 Å². The van der Waals surface area contributed by atoms with E-state index in [4.69, 9.17) is 9.47 Å². The third kappa shape index (κ3) is 3.95. The monoisotopic (exact) mass is 366 g/mol. The van der Waals surface area contributed by atoms with Crippen molar-refractivity contribution in [1.82, 2.24) is 9.88 Å². The highest BCUT2D eigenvalue weighted by molar-refractivity contribution is 5.77. The summed E-state index contributed by atoms with van der Waals surface area (Å²) in [4.78, 5) is 12.5. The van der Waals surface area contributed by atoms with Crippen molar-refractivity contribution in [3.63, 3.8) is 0 Å². The molecule has 0 saturated heterocycles. The van der Waals surface area contributed by atoms with Crippen molar-refractivity contribution in [2.45, 2.75) is 19.0 Å². The second kappa shape index (κ2) is 7.53. The number of aromatic nitrogens is 1. The third-order valence-corrected chi connectivity index (χ3v) is 4.55. The summed E-state index contributed by atoms with van der Waals surface area (Å²) in [5.74, 6) is 1.03. The van der Waals surface area contributed by atoms with Gasteiger partial charge in [-0.15, -0.1) is 0 Å². The summed E-state index contributed by atoms with van der Waals surface area (Å²) >= 11 is 0. The molecular weight excluding hydrogens is 347 g/mol. The van der Waals surface area contributed by atoms with Crippen LogP contribution in [0.1, 0.15) is 23.6 Å². The third-order valence-electron chi connectivity index (χ3n) is 4.55. The van der Waals surface area contributed by atoms with Gasteiger partial charge in [0.15, 0.2) is 11.5 Å². The first kappa shape index (κ1) is 17.1. The van der Waals surface area contributed by atoms with Crippen LogP contribution < -0.4 is 14.8 Å². The number of ether oxygens (including phenoxy) is 2. The fraction of sp³-hybridized carbons (Fsp3) is 0.190.